The minimum absolute atomic E-state index is 0.00412. The highest BCUT2D eigenvalue weighted by Gasteiger charge is 2.26. The molecule has 0 aliphatic heterocycles. The van der Waals surface area contributed by atoms with Crippen LogP contribution >= 0.6 is 11.8 Å². The zero-order valence-corrected chi connectivity index (χ0v) is 17.6. The summed E-state index contributed by atoms with van der Waals surface area (Å²) in [4.78, 5) is 30.3. The summed E-state index contributed by atoms with van der Waals surface area (Å²) in [6.07, 6.45) is 4.61. The highest BCUT2D eigenvalue weighted by atomic mass is 32.2. The fourth-order valence-electron chi connectivity index (χ4n) is 3.66. The molecule has 7 heteroatoms. The van der Waals surface area contributed by atoms with Crippen LogP contribution in [0, 0.1) is 5.92 Å². The second kappa shape index (κ2) is 9.56. The summed E-state index contributed by atoms with van der Waals surface area (Å²) in [7, 11) is 1.60. The number of carbonyl (C=O) groups is 1. The highest BCUT2D eigenvalue weighted by Crippen LogP contribution is 2.26. The molecule has 6 nitrogen and oxygen atoms in total. The van der Waals surface area contributed by atoms with Gasteiger partial charge in [-0.3, -0.25) is 14.2 Å². The third kappa shape index (κ3) is 4.75. The normalized spacial score (nSPS) is 20.8. The quantitative estimate of drug-likeness (QED) is 0.568. The van der Waals surface area contributed by atoms with Crippen LogP contribution in [0.25, 0.3) is 10.9 Å². The molecule has 0 bridgehead atoms. The Hall–Kier alpha value is -1.86. The van der Waals surface area contributed by atoms with E-state index in [9.17, 15) is 9.59 Å². The van der Waals surface area contributed by atoms with Crippen LogP contribution in [0.15, 0.2) is 34.2 Å². The van der Waals surface area contributed by atoms with Crippen LogP contribution in [-0.2, 0) is 16.1 Å². The number of ether oxygens (including phenoxy) is 1. The van der Waals surface area contributed by atoms with E-state index in [1.54, 1.807) is 17.7 Å². The number of nitrogens with one attached hydrogen (secondary N) is 1. The molecule has 1 aliphatic rings. The molecule has 1 N–H and O–H groups in total. The standard InChI is InChI=1S/C21H29N3O3S/c1-14-8-4-6-10-17(14)22-19(25)15(2)28-21-23-18-11-7-5-9-16(18)20(26)24(21)12-13-27-3/h5,7,9,11,14-15,17H,4,6,8,10,12-13H2,1-3H3,(H,22,25)/t14-,15+,17-/m0/s1. The largest absolute Gasteiger partial charge is 0.383 e. The van der Waals surface area contributed by atoms with E-state index < -0.39 is 0 Å². The Morgan fingerprint density at radius 2 is 2.11 bits per heavy atom. The Morgan fingerprint density at radius 3 is 2.86 bits per heavy atom. The van der Waals surface area contributed by atoms with Crippen LogP contribution in [0.1, 0.15) is 39.5 Å². The molecule has 1 saturated carbocycles. The first-order chi connectivity index (χ1) is 13.5. The number of benzene rings is 1. The summed E-state index contributed by atoms with van der Waals surface area (Å²) in [5.41, 5.74) is 0.552. The maximum Gasteiger partial charge on any atom is 0.262 e. The van der Waals surface area contributed by atoms with Gasteiger partial charge in [0.05, 0.1) is 29.3 Å². The molecule has 28 heavy (non-hydrogen) atoms. The number of thioether (sulfide) groups is 1. The summed E-state index contributed by atoms with van der Waals surface area (Å²) >= 11 is 1.33. The Morgan fingerprint density at radius 1 is 1.36 bits per heavy atom. The van der Waals surface area contributed by atoms with Crippen molar-refractivity contribution in [3.05, 3.63) is 34.6 Å². The van der Waals surface area contributed by atoms with Crippen molar-refractivity contribution in [1.82, 2.24) is 14.9 Å². The number of fused-ring (bicyclic) bond motifs is 1. The van der Waals surface area contributed by atoms with Gasteiger partial charge in [-0.15, -0.1) is 0 Å². The molecule has 1 amide bonds. The highest BCUT2D eigenvalue weighted by molar-refractivity contribution is 8.00. The first-order valence-corrected chi connectivity index (χ1v) is 10.8. The molecular weight excluding hydrogens is 374 g/mol. The maximum atomic E-state index is 12.9. The molecule has 1 heterocycles. The summed E-state index contributed by atoms with van der Waals surface area (Å²) in [5.74, 6) is 0.512. The maximum absolute atomic E-state index is 12.9. The molecule has 0 radical (unpaired) electrons. The SMILES string of the molecule is COCCn1c(S[C@H](C)C(=O)N[C@H]2CCCC[C@@H]2C)nc2ccccc2c1=O. The number of hydrogen-bond acceptors (Lipinski definition) is 5. The minimum atomic E-state index is -0.337. The number of amides is 1. The predicted molar refractivity (Wildman–Crippen MR) is 113 cm³/mol. The lowest BCUT2D eigenvalue weighted by Gasteiger charge is -2.30. The van der Waals surface area contributed by atoms with E-state index in [4.69, 9.17) is 4.74 Å². The summed E-state index contributed by atoms with van der Waals surface area (Å²) in [6, 6.07) is 7.55. The molecule has 0 spiro atoms. The second-order valence-corrected chi connectivity index (χ2v) is 8.81. The van der Waals surface area contributed by atoms with Crippen molar-refractivity contribution in [3.8, 4) is 0 Å². The Balaban J connectivity index is 1.81. The number of methoxy groups -OCH3 is 1. The zero-order chi connectivity index (χ0) is 20.1. The van der Waals surface area contributed by atoms with Crippen molar-refractivity contribution in [3.63, 3.8) is 0 Å². The fourth-order valence-corrected chi connectivity index (χ4v) is 4.60. The van der Waals surface area contributed by atoms with Crippen molar-refractivity contribution in [2.45, 2.75) is 62.5 Å². The van der Waals surface area contributed by atoms with Gasteiger partial charge in [0.15, 0.2) is 5.16 Å². The van der Waals surface area contributed by atoms with E-state index in [1.165, 1.54) is 24.6 Å². The van der Waals surface area contributed by atoms with Gasteiger partial charge in [0, 0.05) is 13.2 Å². The van der Waals surface area contributed by atoms with Crippen molar-refractivity contribution < 1.29 is 9.53 Å². The predicted octanol–water partition coefficient (Wildman–Crippen LogP) is 3.22. The van der Waals surface area contributed by atoms with Crippen molar-refractivity contribution in [2.24, 2.45) is 5.92 Å². The molecule has 1 aromatic carbocycles. The average molecular weight is 404 g/mol. The number of nitrogens with zero attached hydrogens (tertiary/aromatic N) is 2. The third-order valence-electron chi connectivity index (χ3n) is 5.44. The van der Waals surface area contributed by atoms with Gasteiger partial charge < -0.3 is 10.1 Å². The minimum Gasteiger partial charge on any atom is -0.383 e. The molecule has 0 unspecified atom stereocenters. The summed E-state index contributed by atoms with van der Waals surface area (Å²) in [5, 5.41) is 4.00. The number of para-hydroxylation sites is 1. The van der Waals surface area contributed by atoms with Gasteiger partial charge in [-0.1, -0.05) is 43.7 Å². The number of carbonyl (C=O) groups excluding carboxylic acids is 1. The van der Waals surface area contributed by atoms with E-state index in [1.807, 2.05) is 25.1 Å². The fraction of sp³-hybridized carbons (Fsp3) is 0.571. The molecule has 3 rings (SSSR count). The second-order valence-electron chi connectivity index (χ2n) is 7.50. The molecule has 1 fully saturated rings. The van der Waals surface area contributed by atoms with Gasteiger partial charge in [0.1, 0.15) is 0 Å². The first kappa shape index (κ1) is 20.9. The monoisotopic (exact) mass is 403 g/mol. The average Bonchev–Trinajstić information content (AvgIpc) is 2.69. The number of aromatic nitrogens is 2. The van der Waals surface area contributed by atoms with E-state index in [2.05, 4.69) is 17.2 Å². The van der Waals surface area contributed by atoms with E-state index in [0.29, 0.717) is 35.1 Å². The van der Waals surface area contributed by atoms with Crippen LogP contribution < -0.4 is 10.9 Å². The lowest BCUT2D eigenvalue weighted by Crippen LogP contribution is -2.44. The number of rotatable bonds is 7. The van der Waals surface area contributed by atoms with Crippen LogP contribution in [0.2, 0.25) is 0 Å². The lowest BCUT2D eigenvalue weighted by molar-refractivity contribution is -0.121. The van der Waals surface area contributed by atoms with Gasteiger partial charge in [-0.25, -0.2) is 4.98 Å². The Kier molecular flexibility index (Phi) is 7.13. The van der Waals surface area contributed by atoms with Gasteiger partial charge in [-0.05, 0) is 37.8 Å². The third-order valence-corrected chi connectivity index (χ3v) is 6.53. The van der Waals surface area contributed by atoms with Gasteiger partial charge in [0.25, 0.3) is 5.56 Å². The van der Waals surface area contributed by atoms with Gasteiger partial charge in [0.2, 0.25) is 5.91 Å². The molecule has 1 aliphatic carbocycles. The molecule has 1 aromatic heterocycles. The number of hydrogen-bond donors (Lipinski definition) is 1. The van der Waals surface area contributed by atoms with Crippen molar-refractivity contribution in [2.75, 3.05) is 13.7 Å². The van der Waals surface area contributed by atoms with Crippen LogP contribution in [0.4, 0.5) is 0 Å². The van der Waals surface area contributed by atoms with Crippen molar-refractivity contribution >= 4 is 28.6 Å². The zero-order valence-electron chi connectivity index (χ0n) is 16.8. The summed E-state index contributed by atoms with van der Waals surface area (Å²) < 4.78 is 6.77. The molecule has 152 valence electrons. The van der Waals surface area contributed by atoms with Gasteiger partial charge >= 0.3 is 0 Å². The van der Waals surface area contributed by atoms with E-state index in [0.717, 1.165) is 12.8 Å². The lowest BCUT2D eigenvalue weighted by atomic mass is 9.86. The Labute approximate surface area is 170 Å². The molecular formula is C21H29N3O3S. The first-order valence-electron chi connectivity index (χ1n) is 9.96. The van der Waals surface area contributed by atoms with Crippen molar-refractivity contribution in [1.29, 1.82) is 0 Å². The molecule has 3 atom stereocenters. The van der Waals surface area contributed by atoms with Crippen LogP contribution in [-0.4, -0.2) is 40.5 Å². The topological polar surface area (TPSA) is 73.2 Å². The van der Waals surface area contributed by atoms with Crippen LogP contribution in [0.3, 0.4) is 0 Å². The summed E-state index contributed by atoms with van der Waals surface area (Å²) in [6.45, 7) is 4.89. The Bertz CT molecular complexity index is 883. The molecule has 2 aromatic rings. The van der Waals surface area contributed by atoms with E-state index >= 15 is 0 Å². The van der Waals surface area contributed by atoms with E-state index in [-0.39, 0.29) is 22.8 Å². The smallest absolute Gasteiger partial charge is 0.262 e. The van der Waals surface area contributed by atoms with Crippen LogP contribution in [0.5, 0.6) is 0 Å². The van der Waals surface area contributed by atoms with Gasteiger partial charge in [-0.2, -0.15) is 0 Å². The molecule has 0 saturated heterocycles.